The second-order valence-electron chi connectivity index (χ2n) is 7.06. The topological polar surface area (TPSA) is 114 Å². The van der Waals surface area contributed by atoms with Gasteiger partial charge in [0.05, 0.1) is 23.0 Å². The first-order valence-electron chi connectivity index (χ1n) is 9.90. The number of carbonyl (C=O) groups excluding carboxylic acids is 1. The molecule has 1 aromatic heterocycles. The van der Waals surface area contributed by atoms with Crippen molar-refractivity contribution < 1.29 is 17.4 Å². The van der Waals surface area contributed by atoms with Crippen LogP contribution >= 0.6 is 11.8 Å². The van der Waals surface area contributed by atoms with Crippen LogP contribution in [0, 0.1) is 6.92 Å². The van der Waals surface area contributed by atoms with E-state index in [4.69, 9.17) is 4.18 Å². The Morgan fingerprint density at radius 1 is 1.09 bits per heavy atom. The first kappa shape index (κ1) is 22.6. The number of para-hydroxylation sites is 2. The van der Waals surface area contributed by atoms with Gasteiger partial charge in [0.15, 0.2) is 5.16 Å². The standard InChI is InChI=1S/C23H20N4O4S2/c1-16-6-12-19(13-7-16)33(29,30)31-18-10-8-17(9-11-18)14-24-27-22(28)15-32-23-25-20-4-2-3-5-21(20)26-23/h2-14H,15H2,1H3,(H,25,26)(H,27,28)/b24-14-. The molecule has 10 heteroatoms. The highest BCUT2D eigenvalue weighted by Crippen LogP contribution is 2.20. The van der Waals surface area contributed by atoms with Gasteiger partial charge in [-0.15, -0.1) is 0 Å². The third-order valence-electron chi connectivity index (χ3n) is 4.51. The van der Waals surface area contributed by atoms with Crippen molar-refractivity contribution in [3.05, 3.63) is 83.9 Å². The van der Waals surface area contributed by atoms with Crippen molar-refractivity contribution in [3.63, 3.8) is 0 Å². The maximum Gasteiger partial charge on any atom is 0.339 e. The summed E-state index contributed by atoms with van der Waals surface area (Å²) < 4.78 is 29.9. The molecule has 0 aliphatic rings. The number of aromatic amines is 1. The van der Waals surface area contributed by atoms with Crippen LogP contribution in [-0.2, 0) is 14.9 Å². The lowest BCUT2D eigenvalue weighted by atomic mass is 10.2. The van der Waals surface area contributed by atoms with Gasteiger partial charge in [0.1, 0.15) is 10.6 Å². The lowest BCUT2D eigenvalue weighted by molar-refractivity contribution is -0.118. The molecular formula is C23H20N4O4S2. The van der Waals surface area contributed by atoms with Crippen LogP contribution in [0.2, 0.25) is 0 Å². The number of amides is 1. The van der Waals surface area contributed by atoms with Gasteiger partial charge in [0.2, 0.25) is 0 Å². The molecule has 0 aliphatic heterocycles. The van der Waals surface area contributed by atoms with Crippen molar-refractivity contribution >= 4 is 45.0 Å². The number of hydrogen-bond donors (Lipinski definition) is 2. The van der Waals surface area contributed by atoms with Crippen LogP contribution in [0.5, 0.6) is 5.75 Å². The predicted octanol–water partition coefficient (Wildman–Crippen LogP) is 3.88. The van der Waals surface area contributed by atoms with Crippen LogP contribution in [0.3, 0.4) is 0 Å². The number of H-pyrrole nitrogens is 1. The molecular weight excluding hydrogens is 460 g/mol. The number of imidazole rings is 1. The van der Waals surface area contributed by atoms with E-state index in [1.165, 1.54) is 42.2 Å². The molecule has 2 N–H and O–H groups in total. The molecule has 8 nitrogen and oxygen atoms in total. The quantitative estimate of drug-likeness (QED) is 0.171. The zero-order valence-electron chi connectivity index (χ0n) is 17.6. The smallest absolute Gasteiger partial charge is 0.339 e. The van der Waals surface area contributed by atoms with Gasteiger partial charge in [-0.2, -0.15) is 13.5 Å². The Hall–Kier alpha value is -3.63. The number of rotatable bonds is 8. The number of benzene rings is 3. The molecule has 0 unspecified atom stereocenters. The number of thioether (sulfide) groups is 1. The van der Waals surface area contributed by atoms with Crippen molar-refractivity contribution in [2.75, 3.05) is 5.75 Å². The molecule has 0 bridgehead atoms. The molecule has 1 amide bonds. The third kappa shape index (κ3) is 5.99. The van der Waals surface area contributed by atoms with Crippen LogP contribution in [-0.4, -0.2) is 36.3 Å². The fourth-order valence-corrected chi connectivity index (χ4v) is 4.44. The molecule has 0 fully saturated rings. The second-order valence-corrected chi connectivity index (χ2v) is 9.57. The highest BCUT2D eigenvalue weighted by molar-refractivity contribution is 7.99. The van der Waals surface area contributed by atoms with Gasteiger partial charge in [-0.25, -0.2) is 10.4 Å². The van der Waals surface area contributed by atoms with E-state index in [1.807, 2.05) is 31.2 Å². The van der Waals surface area contributed by atoms with Crippen molar-refractivity contribution in [1.29, 1.82) is 0 Å². The predicted molar refractivity (Wildman–Crippen MR) is 128 cm³/mol. The van der Waals surface area contributed by atoms with E-state index >= 15 is 0 Å². The van der Waals surface area contributed by atoms with Crippen LogP contribution < -0.4 is 9.61 Å². The summed E-state index contributed by atoms with van der Waals surface area (Å²) >= 11 is 1.28. The summed E-state index contributed by atoms with van der Waals surface area (Å²) in [7, 11) is -3.91. The largest absolute Gasteiger partial charge is 0.379 e. The Labute approximate surface area is 195 Å². The van der Waals surface area contributed by atoms with Gasteiger partial charge in [0.25, 0.3) is 5.91 Å². The SMILES string of the molecule is Cc1ccc(S(=O)(=O)Oc2ccc(/C=N\NC(=O)CSc3nc4ccccc4[nH]3)cc2)cc1. The molecule has 1 heterocycles. The fraction of sp³-hybridized carbons (Fsp3) is 0.0870. The van der Waals surface area contributed by atoms with Crippen molar-refractivity contribution in [3.8, 4) is 5.75 Å². The minimum Gasteiger partial charge on any atom is -0.379 e. The van der Waals surface area contributed by atoms with E-state index in [0.29, 0.717) is 10.7 Å². The number of nitrogens with zero attached hydrogens (tertiary/aromatic N) is 2. The van der Waals surface area contributed by atoms with Crippen LogP contribution in [0.15, 0.2) is 87.9 Å². The van der Waals surface area contributed by atoms with E-state index in [9.17, 15) is 13.2 Å². The van der Waals surface area contributed by atoms with Gasteiger partial charge in [0, 0.05) is 0 Å². The molecule has 0 saturated heterocycles. The number of hydrazone groups is 1. The molecule has 0 atom stereocenters. The number of fused-ring (bicyclic) bond motifs is 1. The Kier molecular flexibility index (Phi) is 6.76. The maximum atomic E-state index is 12.4. The summed E-state index contributed by atoms with van der Waals surface area (Å²) in [5.74, 6) is 0.0562. The summed E-state index contributed by atoms with van der Waals surface area (Å²) in [5.41, 5.74) is 5.84. The Morgan fingerprint density at radius 3 is 2.55 bits per heavy atom. The van der Waals surface area contributed by atoms with E-state index in [0.717, 1.165) is 16.6 Å². The first-order chi connectivity index (χ1) is 15.9. The third-order valence-corrected chi connectivity index (χ3v) is 6.64. The summed E-state index contributed by atoms with van der Waals surface area (Å²) in [5, 5.41) is 4.59. The van der Waals surface area contributed by atoms with Crippen LogP contribution in [0.1, 0.15) is 11.1 Å². The van der Waals surface area contributed by atoms with E-state index in [1.54, 1.807) is 24.3 Å². The molecule has 4 aromatic rings. The zero-order chi connectivity index (χ0) is 23.3. The average molecular weight is 481 g/mol. The molecule has 168 valence electrons. The van der Waals surface area contributed by atoms with Crippen LogP contribution in [0.25, 0.3) is 11.0 Å². The first-order valence-corrected chi connectivity index (χ1v) is 12.3. The molecule has 4 rings (SSSR count). The van der Waals surface area contributed by atoms with Gasteiger partial charge in [-0.05, 0) is 61.0 Å². The highest BCUT2D eigenvalue weighted by Gasteiger charge is 2.16. The zero-order valence-corrected chi connectivity index (χ0v) is 19.2. The summed E-state index contributed by atoms with van der Waals surface area (Å²) in [6.45, 7) is 1.87. The molecule has 3 aromatic carbocycles. The number of nitrogens with one attached hydrogen (secondary N) is 2. The average Bonchev–Trinajstić information content (AvgIpc) is 3.22. The minimum absolute atomic E-state index is 0.0852. The molecule has 0 aliphatic carbocycles. The lowest BCUT2D eigenvalue weighted by Crippen LogP contribution is -2.19. The fourth-order valence-electron chi connectivity index (χ4n) is 2.83. The van der Waals surface area contributed by atoms with Gasteiger partial charge in [-0.3, -0.25) is 4.79 Å². The van der Waals surface area contributed by atoms with Gasteiger partial charge >= 0.3 is 10.1 Å². The number of hydrogen-bond acceptors (Lipinski definition) is 7. The van der Waals surface area contributed by atoms with E-state index in [2.05, 4.69) is 20.5 Å². The molecule has 33 heavy (non-hydrogen) atoms. The van der Waals surface area contributed by atoms with Crippen molar-refractivity contribution in [1.82, 2.24) is 15.4 Å². The van der Waals surface area contributed by atoms with E-state index in [-0.39, 0.29) is 22.3 Å². The normalized spacial score (nSPS) is 11.7. The Balaban J connectivity index is 1.27. The second kappa shape index (κ2) is 9.88. The number of aryl methyl sites for hydroxylation is 1. The molecule has 0 radical (unpaired) electrons. The molecule has 0 saturated carbocycles. The maximum absolute atomic E-state index is 12.4. The summed E-state index contributed by atoms with van der Waals surface area (Å²) in [6, 6.07) is 20.4. The van der Waals surface area contributed by atoms with Gasteiger partial charge < -0.3 is 9.17 Å². The monoisotopic (exact) mass is 480 g/mol. The van der Waals surface area contributed by atoms with Crippen molar-refractivity contribution in [2.24, 2.45) is 5.10 Å². The minimum atomic E-state index is -3.91. The lowest BCUT2D eigenvalue weighted by Gasteiger charge is -2.07. The summed E-state index contributed by atoms with van der Waals surface area (Å²) in [4.78, 5) is 19.6. The van der Waals surface area contributed by atoms with Crippen LogP contribution in [0.4, 0.5) is 0 Å². The van der Waals surface area contributed by atoms with Crippen molar-refractivity contribution in [2.45, 2.75) is 17.0 Å². The summed E-state index contributed by atoms with van der Waals surface area (Å²) in [6.07, 6.45) is 1.46. The highest BCUT2D eigenvalue weighted by atomic mass is 32.2. The Bertz CT molecular complexity index is 1360. The number of aromatic nitrogens is 2. The Morgan fingerprint density at radius 2 is 1.82 bits per heavy atom. The van der Waals surface area contributed by atoms with Gasteiger partial charge in [-0.1, -0.05) is 41.6 Å². The number of carbonyl (C=O) groups is 1. The molecule has 0 spiro atoms. The van der Waals surface area contributed by atoms with E-state index < -0.39 is 10.1 Å².